The van der Waals surface area contributed by atoms with Crippen LogP contribution < -0.4 is 0 Å². The van der Waals surface area contributed by atoms with Gasteiger partial charge in [0.15, 0.2) is 0 Å². The van der Waals surface area contributed by atoms with Crippen molar-refractivity contribution in [1.82, 2.24) is 0 Å². The lowest BCUT2D eigenvalue weighted by Gasteiger charge is -2.26. The minimum absolute atomic E-state index is 0.140. The van der Waals surface area contributed by atoms with Gasteiger partial charge < -0.3 is 10.2 Å². The van der Waals surface area contributed by atoms with Crippen molar-refractivity contribution in [3.8, 4) is 11.5 Å². The minimum atomic E-state index is 0.140. The zero-order valence-corrected chi connectivity index (χ0v) is 15.6. The number of aromatic hydroxyl groups is 2. The summed E-state index contributed by atoms with van der Waals surface area (Å²) < 4.78 is 0. The summed E-state index contributed by atoms with van der Waals surface area (Å²) in [6.45, 7) is 6.64. The van der Waals surface area contributed by atoms with Gasteiger partial charge in [-0.1, -0.05) is 69.3 Å². The largest absolute Gasteiger partial charge is 0.508 e. The van der Waals surface area contributed by atoms with Crippen molar-refractivity contribution in [3.05, 3.63) is 95.1 Å². The molecule has 1 unspecified atom stereocenters. The monoisotopic (exact) mass is 346 g/mol. The van der Waals surface area contributed by atoms with Crippen molar-refractivity contribution >= 4 is 0 Å². The maximum atomic E-state index is 9.65. The quantitative estimate of drug-likeness (QED) is 0.581. The molecule has 0 fully saturated rings. The predicted molar refractivity (Wildman–Crippen MR) is 107 cm³/mol. The third-order valence-corrected chi connectivity index (χ3v) is 5.13. The molecule has 3 aromatic carbocycles. The number of benzene rings is 3. The molecule has 134 valence electrons. The minimum Gasteiger partial charge on any atom is -0.508 e. The summed E-state index contributed by atoms with van der Waals surface area (Å²) in [5.74, 6) is 1.45. The molecule has 26 heavy (non-hydrogen) atoms. The van der Waals surface area contributed by atoms with Gasteiger partial charge in [0.2, 0.25) is 0 Å². The number of phenols is 2. The normalized spacial score (nSPS) is 12.5. The van der Waals surface area contributed by atoms with E-state index >= 15 is 0 Å². The summed E-state index contributed by atoms with van der Waals surface area (Å²) in [4.78, 5) is 0. The topological polar surface area (TPSA) is 40.5 Å². The van der Waals surface area contributed by atoms with Gasteiger partial charge in [0.1, 0.15) is 11.5 Å². The SMILES string of the molecule is CC(C)c1ccc(C(C)C(c2ccc(O)cc2)c2ccc(O)cc2)cc1. The summed E-state index contributed by atoms with van der Waals surface area (Å²) in [5, 5.41) is 19.3. The average molecular weight is 346 g/mol. The highest BCUT2D eigenvalue weighted by molar-refractivity contribution is 5.41. The molecule has 0 aliphatic carbocycles. The van der Waals surface area contributed by atoms with Crippen LogP contribution in [0.4, 0.5) is 0 Å². The van der Waals surface area contributed by atoms with E-state index in [0.717, 1.165) is 11.1 Å². The molecule has 0 spiro atoms. The number of hydrogen-bond donors (Lipinski definition) is 2. The third-order valence-electron chi connectivity index (χ3n) is 5.13. The first kappa shape index (κ1) is 18.1. The molecule has 2 nitrogen and oxygen atoms in total. The molecule has 2 N–H and O–H groups in total. The lowest BCUT2D eigenvalue weighted by atomic mass is 9.78. The van der Waals surface area contributed by atoms with Gasteiger partial charge in [-0.2, -0.15) is 0 Å². The van der Waals surface area contributed by atoms with E-state index < -0.39 is 0 Å². The van der Waals surface area contributed by atoms with Crippen molar-refractivity contribution in [2.45, 2.75) is 38.5 Å². The number of rotatable bonds is 5. The van der Waals surface area contributed by atoms with Gasteiger partial charge in [0.05, 0.1) is 0 Å². The Kier molecular flexibility index (Phi) is 5.32. The molecule has 0 saturated carbocycles. The first-order valence-corrected chi connectivity index (χ1v) is 9.13. The standard InChI is InChI=1S/C24H26O2/c1-16(2)18-4-6-19(7-5-18)17(3)24(20-8-12-22(25)13-9-20)21-10-14-23(26)15-11-21/h4-17,24-26H,1-3H3. The van der Waals surface area contributed by atoms with Crippen LogP contribution in [0.2, 0.25) is 0 Å². The Hall–Kier alpha value is -2.74. The van der Waals surface area contributed by atoms with E-state index in [2.05, 4.69) is 45.0 Å². The van der Waals surface area contributed by atoms with Crippen molar-refractivity contribution in [2.75, 3.05) is 0 Å². The molecule has 0 saturated heterocycles. The molecular weight excluding hydrogens is 320 g/mol. The highest BCUT2D eigenvalue weighted by Crippen LogP contribution is 2.39. The van der Waals surface area contributed by atoms with E-state index in [-0.39, 0.29) is 23.3 Å². The Balaban J connectivity index is 2.01. The fourth-order valence-corrected chi connectivity index (χ4v) is 3.51. The molecule has 3 rings (SSSR count). The first-order valence-electron chi connectivity index (χ1n) is 9.13. The van der Waals surface area contributed by atoms with Gasteiger partial charge in [0.25, 0.3) is 0 Å². The molecule has 0 aromatic heterocycles. The van der Waals surface area contributed by atoms with Gasteiger partial charge in [-0.05, 0) is 58.4 Å². The summed E-state index contributed by atoms with van der Waals surface area (Å²) in [7, 11) is 0. The van der Waals surface area contributed by atoms with Crippen LogP contribution in [0.25, 0.3) is 0 Å². The summed E-state index contributed by atoms with van der Waals surface area (Å²) in [6.07, 6.45) is 0. The lowest BCUT2D eigenvalue weighted by molar-refractivity contribution is 0.474. The fourth-order valence-electron chi connectivity index (χ4n) is 3.51. The van der Waals surface area contributed by atoms with Crippen LogP contribution in [-0.2, 0) is 0 Å². The van der Waals surface area contributed by atoms with E-state index in [1.807, 2.05) is 24.3 Å². The van der Waals surface area contributed by atoms with Crippen LogP contribution in [0.15, 0.2) is 72.8 Å². The van der Waals surface area contributed by atoms with E-state index in [9.17, 15) is 10.2 Å². The fraction of sp³-hybridized carbons (Fsp3) is 0.250. The zero-order valence-electron chi connectivity index (χ0n) is 15.6. The Morgan fingerprint density at radius 2 is 0.846 bits per heavy atom. The van der Waals surface area contributed by atoms with Crippen molar-refractivity contribution in [3.63, 3.8) is 0 Å². The number of hydrogen-bond acceptors (Lipinski definition) is 2. The van der Waals surface area contributed by atoms with Crippen LogP contribution in [0.3, 0.4) is 0 Å². The van der Waals surface area contributed by atoms with E-state index in [4.69, 9.17) is 0 Å². The van der Waals surface area contributed by atoms with E-state index in [1.54, 1.807) is 24.3 Å². The Morgan fingerprint density at radius 1 is 0.500 bits per heavy atom. The molecule has 0 aliphatic heterocycles. The second-order valence-corrected chi connectivity index (χ2v) is 7.27. The highest BCUT2D eigenvalue weighted by Gasteiger charge is 2.23. The maximum absolute atomic E-state index is 9.65. The zero-order chi connectivity index (χ0) is 18.7. The summed E-state index contributed by atoms with van der Waals surface area (Å²) >= 11 is 0. The molecule has 3 aromatic rings. The Bertz CT molecular complexity index is 785. The van der Waals surface area contributed by atoms with Crippen molar-refractivity contribution < 1.29 is 10.2 Å². The van der Waals surface area contributed by atoms with Crippen LogP contribution in [0.5, 0.6) is 11.5 Å². The van der Waals surface area contributed by atoms with Gasteiger partial charge in [-0.3, -0.25) is 0 Å². The number of phenolic OH excluding ortho intramolecular Hbond substituents is 2. The van der Waals surface area contributed by atoms with Crippen molar-refractivity contribution in [1.29, 1.82) is 0 Å². The molecule has 1 atom stereocenters. The van der Waals surface area contributed by atoms with Crippen LogP contribution in [-0.4, -0.2) is 10.2 Å². The average Bonchev–Trinajstić information content (AvgIpc) is 2.65. The molecule has 0 aliphatic rings. The van der Waals surface area contributed by atoms with Gasteiger partial charge in [-0.25, -0.2) is 0 Å². The molecule has 0 amide bonds. The van der Waals surface area contributed by atoms with Crippen molar-refractivity contribution in [2.24, 2.45) is 0 Å². The first-order chi connectivity index (χ1) is 12.5. The molecule has 0 heterocycles. The summed E-state index contributed by atoms with van der Waals surface area (Å²) in [6, 6.07) is 23.7. The Morgan fingerprint density at radius 3 is 1.23 bits per heavy atom. The molecule has 2 heteroatoms. The Labute approximate surface area is 155 Å². The van der Waals surface area contributed by atoms with Crippen LogP contribution in [0, 0.1) is 0 Å². The van der Waals surface area contributed by atoms with E-state index in [1.165, 1.54) is 11.1 Å². The van der Waals surface area contributed by atoms with Gasteiger partial charge in [0, 0.05) is 5.92 Å². The smallest absolute Gasteiger partial charge is 0.115 e. The van der Waals surface area contributed by atoms with Gasteiger partial charge in [-0.15, -0.1) is 0 Å². The van der Waals surface area contributed by atoms with Gasteiger partial charge >= 0.3 is 0 Å². The van der Waals surface area contributed by atoms with E-state index in [0.29, 0.717) is 5.92 Å². The summed E-state index contributed by atoms with van der Waals surface area (Å²) in [5.41, 5.74) is 4.91. The second kappa shape index (κ2) is 7.65. The lowest BCUT2D eigenvalue weighted by Crippen LogP contribution is -2.10. The molecular formula is C24H26O2. The second-order valence-electron chi connectivity index (χ2n) is 7.27. The highest BCUT2D eigenvalue weighted by atomic mass is 16.3. The molecule has 0 radical (unpaired) electrons. The third kappa shape index (κ3) is 3.91. The van der Waals surface area contributed by atoms with Crippen LogP contribution >= 0.6 is 0 Å². The maximum Gasteiger partial charge on any atom is 0.115 e. The predicted octanol–water partition coefficient (Wildman–Crippen LogP) is 6.16. The van der Waals surface area contributed by atoms with Crippen LogP contribution in [0.1, 0.15) is 60.8 Å². The molecule has 0 bridgehead atoms.